The van der Waals surface area contributed by atoms with E-state index in [0.29, 0.717) is 0 Å². The van der Waals surface area contributed by atoms with Gasteiger partial charge in [0.2, 0.25) is 5.82 Å². The predicted molar refractivity (Wildman–Crippen MR) is 131 cm³/mol. The molecule has 0 spiro atoms. The summed E-state index contributed by atoms with van der Waals surface area (Å²) in [5.41, 5.74) is -2.85. The lowest BCUT2D eigenvalue weighted by Crippen LogP contribution is -2.47. The first-order valence-electron chi connectivity index (χ1n) is 12.3. The number of carbonyl (C=O) groups excluding carboxylic acids is 1. The number of hydrogen-bond acceptors (Lipinski definition) is 8. The van der Waals surface area contributed by atoms with Crippen molar-refractivity contribution >= 4 is 11.6 Å². The van der Waals surface area contributed by atoms with E-state index in [4.69, 9.17) is 24.1 Å². The number of carbonyl (C=O) groups is 1. The topological polar surface area (TPSA) is 119 Å². The van der Waals surface area contributed by atoms with E-state index in [9.17, 15) is 31.9 Å². The number of aliphatic hydroxyl groups excluding tert-OH is 2. The highest BCUT2D eigenvalue weighted by Crippen LogP contribution is 2.55. The second-order valence-electron chi connectivity index (χ2n) is 9.35. The number of benzene rings is 1. The molecule has 2 heterocycles. The fourth-order valence-electron chi connectivity index (χ4n) is 4.41. The number of rotatable bonds is 12. The summed E-state index contributed by atoms with van der Waals surface area (Å²) in [7, 11) is 1.47. The van der Waals surface area contributed by atoms with E-state index in [-0.39, 0.29) is 43.4 Å². The van der Waals surface area contributed by atoms with Crippen molar-refractivity contribution in [2.24, 2.45) is 5.92 Å². The van der Waals surface area contributed by atoms with Gasteiger partial charge in [-0.15, -0.1) is 0 Å². The molecular weight excluding hydrogens is 547 g/mol. The first-order valence-corrected chi connectivity index (χ1v) is 12.3. The SMILES string of the molecule is COCCOCCOc1c([C@H]2[C@H](C(=O)Nc3ccc([C@@H](O)CO)nc3)O[C@@](C)(C(F)(F)F)[C@H]2C)ccc(F)c1F. The Kier molecular flexibility index (Phi) is 10.4. The van der Waals surface area contributed by atoms with Crippen molar-refractivity contribution in [1.29, 1.82) is 0 Å². The van der Waals surface area contributed by atoms with Crippen LogP contribution in [0.3, 0.4) is 0 Å². The van der Waals surface area contributed by atoms with Gasteiger partial charge in [0, 0.05) is 24.5 Å². The normalized spacial score (nSPS) is 23.7. The summed E-state index contributed by atoms with van der Waals surface area (Å²) in [6, 6.07) is 4.44. The van der Waals surface area contributed by atoms with Gasteiger partial charge < -0.3 is 34.5 Å². The van der Waals surface area contributed by atoms with Crippen LogP contribution in [0.25, 0.3) is 0 Å². The summed E-state index contributed by atoms with van der Waals surface area (Å²) in [4.78, 5) is 17.2. The minimum absolute atomic E-state index is 0.0480. The Morgan fingerprint density at radius 2 is 1.88 bits per heavy atom. The molecule has 1 fully saturated rings. The fraction of sp³-hybridized carbons (Fsp3) is 0.538. The number of anilines is 1. The number of aromatic nitrogens is 1. The molecule has 1 aromatic carbocycles. The van der Waals surface area contributed by atoms with E-state index >= 15 is 0 Å². The number of ether oxygens (including phenoxy) is 4. The molecule has 0 saturated carbocycles. The maximum atomic E-state index is 14.9. The summed E-state index contributed by atoms with van der Waals surface area (Å²) < 4.78 is 92.6. The van der Waals surface area contributed by atoms with Crippen LogP contribution in [-0.4, -0.2) is 79.1 Å². The van der Waals surface area contributed by atoms with Gasteiger partial charge in [-0.05, 0) is 25.1 Å². The standard InChI is InChI=1S/C26H31F5N2O7/c1-14-20(16-5-6-17(27)21(28)22(16)39-11-10-38-9-8-37-3)23(40-25(14,2)26(29,30)31)24(36)33-15-4-7-18(32-12-15)19(35)13-34/h4-7,12,14,19-20,23,34-35H,8-11,13H2,1-3H3,(H,33,36)/t14-,19-,20-,23+,25+/m0/s1. The highest BCUT2D eigenvalue weighted by Gasteiger charge is 2.66. The molecule has 0 radical (unpaired) electrons. The lowest BCUT2D eigenvalue weighted by molar-refractivity contribution is -0.272. The first-order chi connectivity index (χ1) is 18.9. The average Bonchev–Trinajstić information content (AvgIpc) is 3.20. The van der Waals surface area contributed by atoms with E-state index in [0.717, 1.165) is 25.3 Å². The Hall–Kier alpha value is -2.91. The van der Waals surface area contributed by atoms with Crippen molar-refractivity contribution in [2.75, 3.05) is 45.5 Å². The number of aliphatic hydroxyl groups is 2. The number of hydrogen-bond donors (Lipinski definition) is 3. The molecule has 222 valence electrons. The van der Waals surface area contributed by atoms with Crippen LogP contribution in [0.1, 0.15) is 37.1 Å². The van der Waals surface area contributed by atoms with Gasteiger partial charge in [-0.1, -0.05) is 13.0 Å². The smallest absolute Gasteiger partial charge is 0.417 e. The van der Waals surface area contributed by atoms with Crippen LogP contribution in [0, 0.1) is 17.6 Å². The quantitative estimate of drug-likeness (QED) is 0.259. The zero-order valence-electron chi connectivity index (χ0n) is 22.0. The first kappa shape index (κ1) is 31.6. The third-order valence-electron chi connectivity index (χ3n) is 6.84. The highest BCUT2D eigenvalue weighted by atomic mass is 19.4. The van der Waals surface area contributed by atoms with Crippen LogP contribution in [0.4, 0.5) is 27.6 Å². The van der Waals surface area contributed by atoms with Gasteiger partial charge >= 0.3 is 6.18 Å². The molecule has 2 aromatic rings. The van der Waals surface area contributed by atoms with Crippen molar-refractivity contribution in [3.05, 3.63) is 53.4 Å². The highest BCUT2D eigenvalue weighted by molar-refractivity contribution is 5.95. The van der Waals surface area contributed by atoms with Gasteiger partial charge in [-0.2, -0.15) is 17.6 Å². The van der Waals surface area contributed by atoms with Gasteiger partial charge in [0.25, 0.3) is 5.91 Å². The Bertz CT molecular complexity index is 1150. The van der Waals surface area contributed by atoms with Crippen molar-refractivity contribution in [2.45, 2.75) is 43.8 Å². The van der Waals surface area contributed by atoms with Crippen molar-refractivity contribution in [1.82, 2.24) is 4.98 Å². The largest absolute Gasteiger partial charge is 0.488 e. The van der Waals surface area contributed by atoms with Crippen molar-refractivity contribution in [3.63, 3.8) is 0 Å². The Balaban J connectivity index is 1.95. The molecule has 9 nitrogen and oxygen atoms in total. The number of alkyl halides is 3. The lowest BCUT2D eigenvalue weighted by Gasteiger charge is -2.32. The zero-order chi connectivity index (χ0) is 29.7. The molecule has 1 aliphatic rings. The fourth-order valence-corrected chi connectivity index (χ4v) is 4.41. The Labute approximate surface area is 227 Å². The van der Waals surface area contributed by atoms with E-state index < -0.39 is 65.7 Å². The number of nitrogens with zero attached hydrogens (tertiary/aromatic N) is 1. The molecular formula is C26H31F5N2O7. The van der Waals surface area contributed by atoms with Crippen LogP contribution in [0.2, 0.25) is 0 Å². The third kappa shape index (κ3) is 6.69. The van der Waals surface area contributed by atoms with Gasteiger partial charge in [0.15, 0.2) is 17.2 Å². The average molecular weight is 579 g/mol. The maximum absolute atomic E-state index is 14.9. The Morgan fingerprint density at radius 3 is 2.48 bits per heavy atom. The van der Waals surface area contributed by atoms with Gasteiger partial charge in [0.1, 0.15) is 18.8 Å². The van der Waals surface area contributed by atoms with Gasteiger partial charge in [0.05, 0.1) is 44.0 Å². The van der Waals surface area contributed by atoms with E-state index in [1.165, 1.54) is 26.2 Å². The lowest BCUT2D eigenvalue weighted by atomic mass is 9.77. The molecule has 0 bridgehead atoms. The van der Waals surface area contributed by atoms with Crippen LogP contribution >= 0.6 is 0 Å². The summed E-state index contributed by atoms with van der Waals surface area (Å²) in [6.45, 7) is 1.57. The van der Waals surface area contributed by atoms with Crippen LogP contribution < -0.4 is 10.1 Å². The van der Waals surface area contributed by atoms with Gasteiger partial charge in [-0.25, -0.2) is 4.39 Å². The van der Waals surface area contributed by atoms with Crippen molar-refractivity contribution in [3.8, 4) is 5.75 Å². The minimum Gasteiger partial charge on any atom is -0.488 e. The second-order valence-corrected chi connectivity index (χ2v) is 9.35. The molecule has 0 aliphatic carbocycles. The van der Waals surface area contributed by atoms with Gasteiger partial charge in [-0.3, -0.25) is 9.78 Å². The number of halogens is 5. The number of methoxy groups -OCH3 is 1. The number of amides is 1. The third-order valence-corrected chi connectivity index (χ3v) is 6.84. The minimum atomic E-state index is -4.92. The Morgan fingerprint density at radius 1 is 1.18 bits per heavy atom. The van der Waals surface area contributed by atoms with E-state index in [2.05, 4.69) is 10.3 Å². The molecule has 1 aliphatic heterocycles. The molecule has 3 N–H and O–H groups in total. The summed E-state index contributed by atoms with van der Waals surface area (Å²) >= 11 is 0. The molecule has 1 saturated heterocycles. The number of pyridine rings is 1. The summed E-state index contributed by atoms with van der Waals surface area (Å²) in [5, 5.41) is 21.1. The zero-order valence-corrected chi connectivity index (χ0v) is 22.0. The molecule has 5 atom stereocenters. The second kappa shape index (κ2) is 13.2. The molecule has 3 rings (SSSR count). The summed E-state index contributed by atoms with van der Waals surface area (Å²) in [6.07, 6.45) is -6.84. The molecule has 1 amide bonds. The summed E-state index contributed by atoms with van der Waals surface area (Å²) in [5.74, 6) is -7.21. The van der Waals surface area contributed by atoms with E-state index in [1.54, 1.807) is 0 Å². The van der Waals surface area contributed by atoms with Crippen LogP contribution in [0.5, 0.6) is 5.75 Å². The van der Waals surface area contributed by atoms with Crippen LogP contribution in [0.15, 0.2) is 30.5 Å². The molecule has 1 aromatic heterocycles. The van der Waals surface area contributed by atoms with E-state index in [1.807, 2.05) is 0 Å². The number of nitrogens with one attached hydrogen (secondary N) is 1. The molecule has 40 heavy (non-hydrogen) atoms. The maximum Gasteiger partial charge on any atom is 0.417 e. The monoisotopic (exact) mass is 578 g/mol. The van der Waals surface area contributed by atoms with Crippen LogP contribution in [-0.2, 0) is 19.0 Å². The molecule has 14 heteroatoms. The predicted octanol–water partition coefficient (Wildman–Crippen LogP) is 3.51. The molecule has 0 unspecified atom stereocenters. The van der Waals surface area contributed by atoms with Crippen molar-refractivity contribution < 1.29 is 55.9 Å².